The molecular weight excluding hydrogens is 639 g/mol. The van der Waals surface area contributed by atoms with Crippen molar-refractivity contribution < 1.29 is 55.3 Å². The molecule has 4 rings (SSSR count). The number of carbonyl (C=O) groups excluding carboxylic acids is 1. The number of alkyl halides is 6. The molecule has 1 fully saturated rings. The molecule has 2 atom stereocenters. The van der Waals surface area contributed by atoms with E-state index in [1.54, 1.807) is 18.2 Å². The quantitative estimate of drug-likeness (QED) is 0.277. The number of carbonyl (C=O) groups is 3. The van der Waals surface area contributed by atoms with Crippen LogP contribution in [-0.4, -0.2) is 81.9 Å². The molecular formula is C32H34F7N3O5. The van der Waals surface area contributed by atoms with Gasteiger partial charge in [0.2, 0.25) is 5.91 Å². The fraction of sp³-hybridized carbons (Fsp3) is 0.344. The molecule has 1 aliphatic rings. The molecule has 0 unspecified atom stereocenters. The first-order valence-electron chi connectivity index (χ1n) is 14.2. The number of nitrogens with zero attached hydrogens (tertiary/aromatic N) is 2. The molecule has 1 aliphatic heterocycles. The van der Waals surface area contributed by atoms with Gasteiger partial charge < -0.3 is 20.8 Å². The number of aliphatic carboxylic acids is 2. The van der Waals surface area contributed by atoms with Gasteiger partial charge in [0.05, 0.1) is 0 Å². The molecule has 47 heavy (non-hydrogen) atoms. The standard InChI is InChI=1S/C28H32FN3O.2C2HF3O2/c29-27-14-8-7-13-24(27)18-25(30)19-28(33)32-16-15-31(20-23-11-5-2-6-12-23)21-26(32)17-22-9-3-1-4-10-22;2*3-2(4,5)1(6)7/h1-14,25-26H,15-21,30H2;2*(H,6,7)/t25-,26-;;/m1../s1. The van der Waals surface area contributed by atoms with Gasteiger partial charge in [0, 0.05) is 44.7 Å². The van der Waals surface area contributed by atoms with Crippen LogP contribution >= 0.6 is 0 Å². The van der Waals surface area contributed by atoms with Crippen LogP contribution < -0.4 is 5.73 Å². The zero-order valence-electron chi connectivity index (χ0n) is 24.9. The molecule has 0 aliphatic carbocycles. The number of carboxylic acids is 2. The highest BCUT2D eigenvalue weighted by Crippen LogP contribution is 2.20. The van der Waals surface area contributed by atoms with Crippen LogP contribution in [0.5, 0.6) is 0 Å². The summed E-state index contributed by atoms with van der Waals surface area (Å²) in [5.41, 5.74) is 9.35. The van der Waals surface area contributed by atoms with Crippen LogP contribution in [0.15, 0.2) is 84.9 Å². The first-order valence-corrected chi connectivity index (χ1v) is 14.2. The summed E-state index contributed by atoms with van der Waals surface area (Å²) in [6, 6.07) is 27.1. The van der Waals surface area contributed by atoms with Gasteiger partial charge >= 0.3 is 24.3 Å². The van der Waals surface area contributed by atoms with Crippen LogP contribution in [0.2, 0.25) is 0 Å². The molecule has 0 spiro atoms. The van der Waals surface area contributed by atoms with E-state index >= 15 is 0 Å². The third-order valence-corrected chi connectivity index (χ3v) is 6.81. The molecule has 256 valence electrons. The zero-order valence-corrected chi connectivity index (χ0v) is 24.9. The Labute approximate surface area is 266 Å². The van der Waals surface area contributed by atoms with Crippen molar-refractivity contribution >= 4 is 17.8 Å². The summed E-state index contributed by atoms with van der Waals surface area (Å²) < 4.78 is 77.5. The van der Waals surface area contributed by atoms with Crippen molar-refractivity contribution in [1.29, 1.82) is 0 Å². The molecule has 1 amide bonds. The molecule has 0 bridgehead atoms. The van der Waals surface area contributed by atoms with E-state index in [0.717, 1.165) is 26.1 Å². The SMILES string of the molecule is N[C@@H](CC(=O)N1CCN(Cc2ccccc2)C[C@H]1Cc1ccccc1)Cc1ccccc1F.O=C(O)C(F)(F)F.O=C(O)C(F)(F)F. The highest BCUT2D eigenvalue weighted by molar-refractivity contribution is 5.77. The Bertz CT molecular complexity index is 1400. The summed E-state index contributed by atoms with van der Waals surface area (Å²) in [6.45, 7) is 3.20. The molecule has 1 saturated heterocycles. The molecule has 0 saturated carbocycles. The summed E-state index contributed by atoms with van der Waals surface area (Å²) in [4.78, 5) is 35.5. The second-order valence-electron chi connectivity index (χ2n) is 10.5. The van der Waals surface area contributed by atoms with Crippen molar-refractivity contribution in [1.82, 2.24) is 9.80 Å². The lowest BCUT2D eigenvalue weighted by Crippen LogP contribution is -2.56. The van der Waals surface area contributed by atoms with Crippen LogP contribution in [0, 0.1) is 5.82 Å². The number of halogens is 7. The molecule has 15 heteroatoms. The van der Waals surface area contributed by atoms with Crippen molar-refractivity contribution in [3.8, 4) is 0 Å². The predicted octanol–water partition coefficient (Wildman–Crippen LogP) is 5.31. The maximum atomic E-state index is 14.0. The van der Waals surface area contributed by atoms with E-state index in [-0.39, 0.29) is 24.2 Å². The Kier molecular flexibility index (Phi) is 14.8. The number of rotatable bonds is 8. The number of hydrogen-bond acceptors (Lipinski definition) is 5. The minimum atomic E-state index is -5.08. The summed E-state index contributed by atoms with van der Waals surface area (Å²) in [7, 11) is 0. The third kappa shape index (κ3) is 14.2. The first kappa shape index (κ1) is 38.7. The number of piperazine rings is 1. The number of nitrogens with two attached hydrogens (primary N) is 1. The van der Waals surface area contributed by atoms with Crippen LogP contribution in [0.3, 0.4) is 0 Å². The Morgan fingerprint density at radius 3 is 1.72 bits per heavy atom. The van der Waals surface area contributed by atoms with Gasteiger partial charge in [0.25, 0.3) is 0 Å². The van der Waals surface area contributed by atoms with E-state index in [4.69, 9.17) is 25.5 Å². The highest BCUT2D eigenvalue weighted by Gasteiger charge is 2.39. The maximum Gasteiger partial charge on any atom is 0.490 e. The highest BCUT2D eigenvalue weighted by atomic mass is 19.4. The van der Waals surface area contributed by atoms with Crippen LogP contribution in [-0.2, 0) is 33.8 Å². The molecule has 0 aromatic heterocycles. The smallest absolute Gasteiger partial charge is 0.475 e. The van der Waals surface area contributed by atoms with E-state index in [0.29, 0.717) is 18.5 Å². The molecule has 4 N–H and O–H groups in total. The van der Waals surface area contributed by atoms with Gasteiger partial charge in [-0.25, -0.2) is 14.0 Å². The van der Waals surface area contributed by atoms with Crippen molar-refractivity contribution in [2.24, 2.45) is 5.73 Å². The molecule has 3 aromatic rings. The summed E-state index contributed by atoms with van der Waals surface area (Å²) in [5.74, 6) is -5.73. The van der Waals surface area contributed by atoms with Gasteiger partial charge in [0.15, 0.2) is 0 Å². The van der Waals surface area contributed by atoms with Crippen molar-refractivity contribution in [3.05, 3.63) is 107 Å². The van der Waals surface area contributed by atoms with Crippen LogP contribution in [0.4, 0.5) is 30.7 Å². The lowest BCUT2D eigenvalue weighted by molar-refractivity contribution is -0.193. The number of carboxylic acid groups (broad SMARTS) is 2. The van der Waals surface area contributed by atoms with Crippen LogP contribution in [0.25, 0.3) is 0 Å². The van der Waals surface area contributed by atoms with E-state index in [1.807, 2.05) is 29.2 Å². The first-order chi connectivity index (χ1) is 22.0. The van der Waals surface area contributed by atoms with Gasteiger partial charge in [-0.05, 0) is 35.6 Å². The number of amides is 1. The van der Waals surface area contributed by atoms with Crippen molar-refractivity contribution in [2.45, 2.75) is 50.2 Å². The van der Waals surface area contributed by atoms with Gasteiger partial charge in [-0.1, -0.05) is 78.9 Å². The second kappa shape index (κ2) is 18.0. The Morgan fingerprint density at radius 1 is 0.766 bits per heavy atom. The maximum absolute atomic E-state index is 14.0. The second-order valence-corrected chi connectivity index (χ2v) is 10.5. The fourth-order valence-corrected chi connectivity index (χ4v) is 4.65. The van der Waals surface area contributed by atoms with E-state index in [2.05, 4.69) is 41.3 Å². The fourth-order valence-electron chi connectivity index (χ4n) is 4.65. The van der Waals surface area contributed by atoms with Gasteiger partial charge in [0.1, 0.15) is 5.82 Å². The molecule has 3 aromatic carbocycles. The Hall–Kier alpha value is -4.50. The van der Waals surface area contributed by atoms with Crippen LogP contribution in [0.1, 0.15) is 23.1 Å². The predicted molar refractivity (Wildman–Crippen MR) is 157 cm³/mol. The number of benzene rings is 3. The zero-order chi connectivity index (χ0) is 35.2. The summed E-state index contributed by atoms with van der Waals surface area (Å²) >= 11 is 0. The van der Waals surface area contributed by atoms with Gasteiger partial charge in [-0.3, -0.25) is 9.69 Å². The average Bonchev–Trinajstić information content (AvgIpc) is 2.99. The summed E-state index contributed by atoms with van der Waals surface area (Å²) in [5, 5.41) is 14.2. The van der Waals surface area contributed by atoms with E-state index in [9.17, 15) is 35.5 Å². The van der Waals surface area contributed by atoms with Crippen molar-refractivity contribution in [2.75, 3.05) is 19.6 Å². The monoisotopic (exact) mass is 673 g/mol. The van der Waals surface area contributed by atoms with Gasteiger partial charge in [-0.2, -0.15) is 26.3 Å². The molecule has 1 heterocycles. The van der Waals surface area contributed by atoms with E-state index < -0.39 is 30.3 Å². The molecule has 8 nitrogen and oxygen atoms in total. The lowest BCUT2D eigenvalue weighted by Gasteiger charge is -2.42. The van der Waals surface area contributed by atoms with E-state index in [1.165, 1.54) is 17.2 Å². The average molecular weight is 674 g/mol. The largest absolute Gasteiger partial charge is 0.490 e. The summed E-state index contributed by atoms with van der Waals surface area (Å²) in [6.07, 6.45) is -8.78. The number of hydrogen-bond donors (Lipinski definition) is 3. The topological polar surface area (TPSA) is 124 Å². The Balaban J connectivity index is 0.000000459. The molecule has 0 radical (unpaired) electrons. The van der Waals surface area contributed by atoms with Gasteiger partial charge in [-0.15, -0.1) is 0 Å². The minimum Gasteiger partial charge on any atom is -0.475 e. The lowest BCUT2D eigenvalue weighted by atomic mass is 9.99. The van der Waals surface area contributed by atoms with Crippen molar-refractivity contribution in [3.63, 3.8) is 0 Å². The minimum absolute atomic E-state index is 0.0548. The Morgan fingerprint density at radius 2 is 1.23 bits per heavy atom. The normalized spacial score (nSPS) is 15.7. The third-order valence-electron chi connectivity index (χ3n) is 6.81.